The molecule has 1 aromatic carbocycles. The fraction of sp³-hybridized carbons (Fsp3) is 0.267. The highest BCUT2D eigenvalue weighted by atomic mass is 79.9. The lowest BCUT2D eigenvalue weighted by Crippen LogP contribution is -2.60. The lowest BCUT2D eigenvalue weighted by molar-refractivity contribution is -0.332. The van der Waals surface area contributed by atoms with Gasteiger partial charge in [-0.25, -0.2) is 12.8 Å². The first kappa shape index (κ1) is 23.3. The van der Waals surface area contributed by atoms with Crippen molar-refractivity contribution in [3.63, 3.8) is 0 Å². The molecule has 1 radical (unpaired) electrons. The molecular weight excluding hydrogens is 556 g/mol. The predicted octanol–water partition coefficient (Wildman–Crippen LogP) is 6.00. The molecule has 1 aromatic rings. The Morgan fingerprint density at radius 3 is 1.75 bits per heavy atom. The second kappa shape index (κ2) is 7.08. The molecule has 13 heteroatoms. The van der Waals surface area contributed by atoms with Gasteiger partial charge in [-0.3, -0.25) is 0 Å². The zero-order valence-electron chi connectivity index (χ0n) is 13.0. The maximum Gasteiger partial charge on any atom is 0.461 e. The number of sulfone groups is 1. The van der Waals surface area contributed by atoms with E-state index in [1.54, 1.807) is 0 Å². The Labute approximate surface area is 170 Å². The van der Waals surface area contributed by atoms with Crippen molar-refractivity contribution in [2.75, 3.05) is 0 Å². The van der Waals surface area contributed by atoms with Crippen molar-refractivity contribution >= 4 is 41.7 Å². The van der Waals surface area contributed by atoms with Gasteiger partial charge in [0.25, 0.3) is 0 Å². The summed E-state index contributed by atoms with van der Waals surface area (Å²) in [7, 11) is -6.78. The zero-order chi connectivity index (χ0) is 21.8. The van der Waals surface area contributed by atoms with Crippen molar-refractivity contribution in [3.8, 4) is 0 Å². The van der Waals surface area contributed by atoms with E-state index in [1.165, 1.54) is 0 Å². The van der Waals surface area contributed by atoms with Gasteiger partial charge in [0.2, 0.25) is 9.84 Å². The highest BCUT2D eigenvalue weighted by molar-refractivity contribution is 9.12. The molecule has 0 fully saturated rings. The van der Waals surface area contributed by atoms with E-state index >= 15 is 0 Å². The van der Waals surface area contributed by atoms with Crippen LogP contribution in [0.3, 0.4) is 0 Å². The molecule has 1 aliphatic carbocycles. The minimum absolute atomic E-state index is 0.278. The molecule has 0 aliphatic heterocycles. The maximum absolute atomic E-state index is 14.3. The van der Waals surface area contributed by atoms with Crippen LogP contribution in [0.25, 0.3) is 0 Å². The van der Waals surface area contributed by atoms with Crippen molar-refractivity contribution in [2.24, 2.45) is 0 Å². The third-order valence-corrected chi connectivity index (χ3v) is 6.97. The van der Waals surface area contributed by atoms with E-state index in [0.717, 1.165) is 18.6 Å². The fourth-order valence-electron chi connectivity index (χ4n) is 2.45. The molecular formula is C15H7Br2F8O2S. The summed E-state index contributed by atoms with van der Waals surface area (Å²) in [5, 5.41) is -6.63. The van der Waals surface area contributed by atoms with Gasteiger partial charge >= 0.3 is 17.4 Å². The lowest BCUT2D eigenvalue weighted by Gasteiger charge is -2.37. The minimum Gasteiger partial charge on any atom is -0.221 e. The van der Waals surface area contributed by atoms with Crippen molar-refractivity contribution in [3.05, 3.63) is 63.2 Å². The number of hydrogen-bond donors (Lipinski definition) is 0. The lowest BCUT2D eigenvalue weighted by atomic mass is 9.93. The third-order valence-electron chi connectivity index (χ3n) is 3.78. The van der Waals surface area contributed by atoms with Crippen molar-refractivity contribution in [1.29, 1.82) is 0 Å². The predicted molar refractivity (Wildman–Crippen MR) is 91.3 cm³/mol. The van der Waals surface area contributed by atoms with Gasteiger partial charge in [-0.05, 0) is 18.2 Å². The highest BCUT2D eigenvalue weighted by Crippen LogP contribution is 2.56. The summed E-state index contributed by atoms with van der Waals surface area (Å²) in [6.07, 6.45) is -4.96. The fourth-order valence-corrected chi connectivity index (χ4v) is 6.17. The van der Waals surface area contributed by atoms with E-state index < -0.39 is 43.3 Å². The Kier molecular flexibility index (Phi) is 5.90. The van der Waals surface area contributed by atoms with Gasteiger partial charge in [0.15, 0.2) is 0 Å². The van der Waals surface area contributed by atoms with Gasteiger partial charge in [-0.1, -0.05) is 50.1 Å². The number of hydrogen-bond acceptors (Lipinski definition) is 2. The molecule has 28 heavy (non-hydrogen) atoms. The first-order valence-corrected chi connectivity index (χ1v) is 10.0. The van der Waals surface area contributed by atoms with Crippen LogP contribution in [0.15, 0.2) is 45.4 Å². The number of benzene rings is 1. The molecule has 0 saturated carbocycles. The Balaban J connectivity index is 2.94. The molecule has 0 N–H and O–H groups in total. The summed E-state index contributed by atoms with van der Waals surface area (Å²) in [4.78, 5) is 0. The average Bonchev–Trinajstić information content (AvgIpc) is 2.52. The van der Waals surface area contributed by atoms with Crippen molar-refractivity contribution in [2.45, 2.75) is 22.1 Å². The quantitative estimate of drug-likeness (QED) is 0.422. The van der Waals surface area contributed by atoms with E-state index in [-0.39, 0.29) is 8.96 Å². The summed E-state index contributed by atoms with van der Waals surface area (Å²) in [5.41, 5.74) is -1.06. The van der Waals surface area contributed by atoms with Gasteiger partial charge < -0.3 is 0 Å². The number of allylic oxidation sites excluding steroid dienone is 2. The van der Waals surface area contributed by atoms with Gasteiger partial charge in [-0.15, -0.1) is 0 Å². The Bertz CT molecular complexity index is 933. The molecule has 0 amide bonds. The molecule has 0 bridgehead atoms. The first-order valence-electron chi connectivity index (χ1n) is 6.94. The van der Waals surface area contributed by atoms with Gasteiger partial charge in [0.05, 0.1) is 0 Å². The van der Waals surface area contributed by atoms with Crippen LogP contribution in [0.5, 0.6) is 0 Å². The second-order valence-corrected chi connectivity index (χ2v) is 9.59. The summed E-state index contributed by atoms with van der Waals surface area (Å²) in [6, 6.07) is 3.40. The van der Waals surface area contributed by atoms with Crippen LogP contribution in [-0.4, -0.2) is 25.8 Å². The SMILES string of the molecule is O=S(=O)(C1(c2ccccc2F)C=C(Br)[CH]C(Br)=C1)C(F)(F)C(F)(F)C(F)(F)F. The Morgan fingerprint density at radius 1 is 0.857 bits per heavy atom. The van der Waals surface area contributed by atoms with Gasteiger partial charge in [0, 0.05) is 20.9 Å². The van der Waals surface area contributed by atoms with Crippen LogP contribution in [0.2, 0.25) is 0 Å². The van der Waals surface area contributed by atoms with Crippen LogP contribution < -0.4 is 0 Å². The third kappa shape index (κ3) is 3.32. The number of halogens is 10. The van der Waals surface area contributed by atoms with Gasteiger partial charge in [0.1, 0.15) is 10.6 Å². The summed E-state index contributed by atoms with van der Waals surface area (Å²) < 4.78 is 129. The number of rotatable bonds is 4. The van der Waals surface area contributed by atoms with E-state index in [1.807, 2.05) is 0 Å². The van der Waals surface area contributed by atoms with E-state index in [9.17, 15) is 43.5 Å². The van der Waals surface area contributed by atoms with Crippen LogP contribution in [-0.2, 0) is 14.6 Å². The van der Waals surface area contributed by atoms with Crippen molar-refractivity contribution in [1.82, 2.24) is 0 Å². The highest BCUT2D eigenvalue weighted by Gasteiger charge is 2.81. The normalized spacial score (nSPS) is 18.5. The Morgan fingerprint density at radius 2 is 1.32 bits per heavy atom. The smallest absolute Gasteiger partial charge is 0.221 e. The molecule has 155 valence electrons. The zero-order valence-corrected chi connectivity index (χ0v) is 17.0. The topological polar surface area (TPSA) is 34.1 Å². The number of alkyl halides is 7. The molecule has 0 heterocycles. The summed E-state index contributed by atoms with van der Waals surface area (Å²) in [5.74, 6) is -8.36. The molecule has 0 unspecified atom stereocenters. The summed E-state index contributed by atoms with van der Waals surface area (Å²) in [6.45, 7) is 0. The molecule has 0 spiro atoms. The average molecular weight is 563 g/mol. The molecule has 0 atom stereocenters. The molecule has 2 nitrogen and oxygen atoms in total. The van der Waals surface area contributed by atoms with Crippen LogP contribution >= 0.6 is 31.9 Å². The van der Waals surface area contributed by atoms with Crippen molar-refractivity contribution < 1.29 is 43.5 Å². The van der Waals surface area contributed by atoms with Crippen LogP contribution in [0.4, 0.5) is 35.1 Å². The molecule has 1 aliphatic rings. The molecule has 0 aromatic heterocycles. The van der Waals surface area contributed by atoms with Crippen LogP contribution in [0, 0.1) is 12.2 Å². The molecule has 0 saturated heterocycles. The van der Waals surface area contributed by atoms with Gasteiger partial charge in [-0.2, -0.15) is 30.7 Å². The molecule has 2 rings (SSSR count). The maximum atomic E-state index is 14.3. The van der Waals surface area contributed by atoms with E-state index in [4.69, 9.17) is 0 Å². The standard InChI is InChI=1S/C15H7Br2F8O2S/c16-8-5-9(17)7-12(6-8,10-3-1-2-4-11(10)18)28(26,27)15(24,25)13(19,20)14(21,22)23/h1-7H. The Hall–Kier alpha value is -0.950. The summed E-state index contributed by atoms with van der Waals surface area (Å²) >= 11 is 5.54. The first-order chi connectivity index (χ1) is 12.5. The monoisotopic (exact) mass is 561 g/mol. The van der Waals surface area contributed by atoms with Crippen LogP contribution in [0.1, 0.15) is 5.56 Å². The van der Waals surface area contributed by atoms with E-state index in [0.29, 0.717) is 24.3 Å². The largest absolute Gasteiger partial charge is 0.461 e. The second-order valence-electron chi connectivity index (χ2n) is 5.57. The van der Waals surface area contributed by atoms with E-state index in [2.05, 4.69) is 31.9 Å². The minimum atomic E-state index is -6.95.